The molecule has 0 fully saturated rings. The molecule has 1 heterocycles. The smallest absolute Gasteiger partial charge is 0.258 e. The molecule has 138 valence electrons. The molecular weight excluding hydrogens is 364 g/mol. The summed E-state index contributed by atoms with van der Waals surface area (Å²) in [5, 5.41) is 6.40. The van der Waals surface area contributed by atoms with Crippen LogP contribution in [0.15, 0.2) is 48.8 Å². The average molecular weight is 383 g/mol. The Morgan fingerprint density at radius 2 is 1.85 bits per heavy atom. The van der Waals surface area contributed by atoms with Crippen molar-refractivity contribution in [2.45, 2.75) is 13.8 Å². The molecule has 1 amide bonds. The summed E-state index contributed by atoms with van der Waals surface area (Å²) >= 11 is 6.10. The fraction of sp³-hybridized carbons (Fsp3) is 0.150. The van der Waals surface area contributed by atoms with Crippen LogP contribution in [0.3, 0.4) is 0 Å². The van der Waals surface area contributed by atoms with Gasteiger partial charge in [-0.1, -0.05) is 23.7 Å². The highest BCUT2D eigenvalue weighted by Crippen LogP contribution is 2.28. The molecule has 27 heavy (non-hydrogen) atoms. The molecule has 0 atom stereocenters. The van der Waals surface area contributed by atoms with Crippen molar-refractivity contribution in [3.05, 3.63) is 70.5 Å². The van der Waals surface area contributed by atoms with Gasteiger partial charge in [0.05, 0.1) is 17.7 Å². The quantitative estimate of drug-likeness (QED) is 0.665. The van der Waals surface area contributed by atoms with Gasteiger partial charge < -0.3 is 15.4 Å². The van der Waals surface area contributed by atoms with Gasteiger partial charge in [-0.15, -0.1) is 0 Å². The predicted molar refractivity (Wildman–Crippen MR) is 107 cm³/mol. The Morgan fingerprint density at radius 1 is 1.11 bits per heavy atom. The zero-order valence-electron chi connectivity index (χ0n) is 15.2. The first-order valence-corrected chi connectivity index (χ1v) is 8.66. The Bertz CT molecular complexity index is 974. The number of nitrogens with zero attached hydrogens (tertiary/aromatic N) is 2. The Labute approximate surface area is 162 Å². The molecule has 3 rings (SSSR count). The number of carbonyl (C=O) groups excluding carboxylic acids is 1. The van der Waals surface area contributed by atoms with E-state index in [4.69, 9.17) is 16.3 Å². The van der Waals surface area contributed by atoms with Gasteiger partial charge in [0.2, 0.25) is 5.95 Å². The minimum atomic E-state index is -0.261. The highest BCUT2D eigenvalue weighted by Gasteiger charge is 2.10. The summed E-state index contributed by atoms with van der Waals surface area (Å²) in [4.78, 5) is 20.8. The lowest BCUT2D eigenvalue weighted by Crippen LogP contribution is -2.14. The maximum atomic E-state index is 12.4. The molecule has 6 nitrogen and oxygen atoms in total. The third kappa shape index (κ3) is 4.35. The first-order valence-electron chi connectivity index (χ1n) is 8.28. The van der Waals surface area contributed by atoms with Crippen LogP contribution in [-0.2, 0) is 0 Å². The van der Waals surface area contributed by atoms with Crippen molar-refractivity contribution in [2.24, 2.45) is 0 Å². The number of aryl methyl sites for hydroxylation is 1. The summed E-state index contributed by atoms with van der Waals surface area (Å²) in [6.07, 6.45) is 2.95. The van der Waals surface area contributed by atoms with Gasteiger partial charge in [0, 0.05) is 23.8 Å². The molecule has 3 aromatic rings. The summed E-state index contributed by atoms with van der Waals surface area (Å²) in [6, 6.07) is 11.0. The number of carbonyl (C=O) groups is 1. The third-order valence-corrected chi connectivity index (χ3v) is 4.47. The molecule has 2 N–H and O–H groups in total. The molecular formula is C20H19ClN4O2. The van der Waals surface area contributed by atoms with E-state index in [1.165, 1.54) is 12.4 Å². The first-order chi connectivity index (χ1) is 13.0. The Kier molecular flexibility index (Phi) is 5.57. The van der Waals surface area contributed by atoms with E-state index < -0.39 is 0 Å². The Balaban J connectivity index is 1.70. The monoisotopic (exact) mass is 382 g/mol. The second kappa shape index (κ2) is 8.05. The molecule has 0 radical (unpaired) electrons. The van der Waals surface area contributed by atoms with E-state index in [9.17, 15) is 4.79 Å². The maximum absolute atomic E-state index is 12.4. The number of aromatic nitrogens is 2. The van der Waals surface area contributed by atoms with Gasteiger partial charge in [-0.05, 0) is 49.2 Å². The lowest BCUT2D eigenvalue weighted by molar-refractivity contribution is 0.102. The van der Waals surface area contributed by atoms with Gasteiger partial charge >= 0.3 is 0 Å². The van der Waals surface area contributed by atoms with E-state index in [-0.39, 0.29) is 5.91 Å². The molecule has 0 aliphatic heterocycles. The Hall–Kier alpha value is -3.12. The molecule has 0 saturated heterocycles. The van der Waals surface area contributed by atoms with Crippen LogP contribution in [0, 0.1) is 13.8 Å². The number of amides is 1. The predicted octanol–water partition coefficient (Wildman–Crippen LogP) is 4.75. The molecule has 7 heteroatoms. The SMILES string of the molecule is COc1ccc(Nc2ncc(C(=O)Nc3cccc(C)c3C)cn2)cc1Cl. The molecule has 2 aromatic carbocycles. The van der Waals surface area contributed by atoms with Crippen LogP contribution in [0.5, 0.6) is 5.75 Å². The second-order valence-corrected chi connectivity index (χ2v) is 6.38. The third-order valence-electron chi connectivity index (χ3n) is 4.17. The molecule has 0 bridgehead atoms. The van der Waals surface area contributed by atoms with E-state index in [1.807, 2.05) is 32.0 Å². The first kappa shape index (κ1) is 18.7. The number of hydrogen-bond acceptors (Lipinski definition) is 5. The van der Waals surface area contributed by atoms with Crippen LogP contribution in [0.4, 0.5) is 17.3 Å². The topological polar surface area (TPSA) is 76.1 Å². The van der Waals surface area contributed by atoms with Gasteiger partial charge in [-0.25, -0.2) is 9.97 Å². The van der Waals surface area contributed by atoms with Gasteiger partial charge in [-0.3, -0.25) is 4.79 Å². The lowest BCUT2D eigenvalue weighted by atomic mass is 10.1. The number of nitrogens with one attached hydrogen (secondary N) is 2. The van der Waals surface area contributed by atoms with Crippen molar-refractivity contribution in [1.82, 2.24) is 9.97 Å². The fourth-order valence-corrected chi connectivity index (χ4v) is 2.72. The largest absolute Gasteiger partial charge is 0.495 e. The Morgan fingerprint density at radius 3 is 2.52 bits per heavy atom. The van der Waals surface area contributed by atoms with Gasteiger partial charge in [0.15, 0.2) is 0 Å². The average Bonchev–Trinajstić information content (AvgIpc) is 2.66. The number of benzene rings is 2. The molecule has 0 unspecified atom stereocenters. The van der Waals surface area contributed by atoms with Crippen molar-refractivity contribution in [3.63, 3.8) is 0 Å². The molecule has 0 aliphatic rings. The molecule has 0 spiro atoms. The summed E-state index contributed by atoms with van der Waals surface area (Å²) in [7, 11) is 1.56. The zero-order chi connectivity index (χ0) is 19.4. The van der Waals surface area contributed by atoms with E-state index in [0.717, 1.165) is 16.8 Å². The highest BCUT2D eigenvalue weighted by molar-refractivity contribution is 6.32. The van der Waals surface area contributed by atoms with E-state index >= 15 is 0 Å². The van der Waals surface area contributed by atoms with Gasteiger partial charge in [0.25, 0.3) is 5.91 Å². The zero-order valence-corrected chi connectivity index (χ0v) is 16.0. The number of methoxy groups -OCH3 is 1. The van der Waals surface area contributed by atoms with Crippen molar-refractivity contribution < 1.29 is 9.53 Å². The normalized spacial score (nSPS) is 10.4. The highest BCUT2D eigenvalue weighted by atomic mass is 35.5. The maximum Gasteiger partial charge on any atom is 0.258 e. The van der Waals surface area contributed by atoms with Crippen molar-refractivity contribution >= 4 is 34.8 Å². The molecule has 1 aromatic heterocycles. The van der Waals surface area contributed by atoms with E-state index in [0.29, 0.717) is 28.0 Å². The van der Waals surface area contributed by atoms with Crippen LogP contribution < -0.4 is 15.4 Å². The van der Waals surface area contributed by atoms with Crippen molar-refractivity contribution in [3.8, 4) is 5.75 Å². The van der Waals surface area contributed by atoms with E-state index in [1.54, 1.807) is 25.3 Å². The number of halogens is 1. The van der Waals surface area contributed by atoms with Gasteiger partial charge in [0.1, 0.15) is 5.75 Å². The number of hydrogen-bond donors (Lipinski definition) is 2. The van der Waals surface area contributed by atoms with Gasteiger partial charge in [-0.2, -0.15) is 0 Å². The van der Waals surface area contributed by atoms with Crippen LogP contribution in [0.2, 0.25) is 5.02 Å². The number of anilines is 3. The van der Waals surface area contributed by atoms with Crippen molar-refractivity contribution in [1.29, 1.82) is 0 Å². The van der Waals surface area contributed by atoms with E-state index in [2.05, 4.69) is 20.6 Å². The standard InChI is InChI=1S/C20H19ClN4O2/c1-12-5-4-6-17(13(12)2)25-19(26)14-10-22-20(23-11-14)24-15-7-8-18(27-3)16(21)9-15/h4-11H,1-3H3,(H,25,26)(H,22,23,24). The number of ether oxygens (including phenoxy) is 1. The summed E-state index contributed by atoms with van der Waals surface area (Å²) in [5.41, 5.74) is 4.00. The fourth-order valence-electron chi connectivity index (χ4n) is 2.46. The van der Waals surface area contributed by atoms with Crippen LogP contribution in [-0.4, -0.2) is 23.0 Å². The van der Waals surface area contributed by atoms with Crippen LogP contribution in [0.25, 0.3) is 0 Å². The summed E-state index contributed by atoms with van der Waals surface area (Å²) in [6.45, 7) is 3.97. The minimum Gasteiger partial charge on any atom is -0.495 e. The number of rotatable bonds is 5. The van der Waals surface area contributed by atoms with Crippen LogP contribution in [0.1, 0.15) is 21.5 Å². The minimum absolute atomic E-state index is 0.261. The second-order valence-electron chi connectivity index (χ2n) is 5.97. The lowest BCUT2D eigenvalue weighted by Gasteiger charge is -2.11. The van der Waals surface area contributed by atoms with Crippen molar-refractivity contribution in [2.75, 3.05) is 17.7 Å². The summed E-state index contributed by atoms with van der Waals surface area (Å²) in [5.74, 6) is 0.684. The molecule has 0 saturated carbocycles. The van der Waals surface area contributed by atoms with Crippen LogP contribution >= 0.6 is 11.6 Å². The molecule has 0 aliphatic carbocycles. The summed E-state index contributed by atoms with van der Waals surface area (Å²) < 4.78 is 5.12.